The Morgan fingerprint density at radius 3 is 2.30 bits per heavy atom. The van der Waals surface area contributed by atoms with Gasteiger partial charge in [-0.25, -0.2) is 13.4 Å². The Balaban J connectivity index is 0.00000261. The molecular formula is C17H16Cl3N3O3S. The lowest BCUT2D eigenvalue weighted by Gasteiger charge is -2.18. The van der Waals surface area contributed by atoms with Crippen LogP contribution < -0.4 is 9.57 Å². The zero-order valence-corrected chi connectivity index (χ0v) is 17.1. The summed E-state index contributed by atoms with van der Waals surface area (Å²) in [5, 5.41) is 11.5. The number of hydrogen-bond acceptors (Lipinski definition) is 5. The quantitative estimate of drug-likeness (QED) is 0.734. The number of ether oxygens (including phenoxy) is 1. The molecule has 27 heavy (non-hydrogen) atoms. The number of nitrogens with zero attached hydrogens (tertiary/aromatic N) is 2. The Morgan fingerprint density at radius 1 is 1.07 bits per heavy atom. The summed E-state index contributed by atoms with van der Waals surface area (Å²) in [6.45, 7) is 1.27. The van der Waals surface area contributed by atoms with Crippen molar-refractivity contribution < 1.29 is 13.2 Å². The highest BCUT2D eigenvalue weighted by Crippen LogP contribution is 2.33. The molecule has 0 saturated carbocycles. The van der Waals surface area contributed by atoms with E-state index in [4.69, 9.17) is 33.2 Å². The fourth-order valence-corrected chi connectivity index (χ4v) is 4.40. The van der Waals surface area contributed by atoms with Crippen LogP contribution in [0.2, 0.25) is 10.0 Å². The first-order chi connectivity index (χ1) is 12.4. The van der Waals surface area contributed by atoms with Crippen molar-refractivity contribution in [3.63, 3.8) is 0 Å². The summed E-state index contributed by atoms with van der Waals surface area (Å²) in [5.41, 5.74) is 0.211. The average Bonchev–Trinajstić information content (AvgIpc) is 3.06. The van der Waals surface area contributed by atoms with Gasteiger partial charge in [0.25, 0.3) is 10.0 Å². The lowest BCUT2D eigenvalue weighted by atomic mass is 10.2. The zero-order chi connectivity index (χ0) is 18.7. The molecule has 1 N–H and O–H groups in total. The van der Waals surface area contributed by atoms with Crippen molar-refractivity contribution in [2.45, 2.75) is 17.7 Å². The van der Waals surface area contributed by atoms with Gasteiger partial charge in [0.05, 0.1) is 11.6 Å². The molecule has 0 atom stereocenters. The third-order valence-corrected chi connectivity index (χ3v) is 5.61. The fourth-order valence-electron chi connectivity index (χ4n) is 2.61. The van der Waals surface area contributed by atoms with Gasteiger partial charge in [0.2, 0.25) is 0 Å². The van der Waals surface area contributed by atoms with Crippen LogP contribution in [-0.4, -0.2) is 26.5 Å². The highest BCUT2D eigenvalue weighted by atomic mass is 35.5. The summed E-state index contributed by atoms with van der Waals surface area (Å²) in [5.74, 6) is 0.374. The lowest BCUT2D eigenvalue weighted by molar-refractivity contribution is 0.299. The minimum Gasteiger partial charge on any atom is -0.456 e. The summed E-state index contributed by atoms with van der Waals surface area (Å²) < 4.78 is 31.3. The van der Waals surface area contributed by atoms with E-state index < -0.39 is 10.0 Å². The largest absolute Gasteiger partial charge is 0.456 e. The number of hydrazine groups is 1. The van der Waals surface area contributed by atoms with Crippen molar-refractivity contribution in [3.8, 4) is 17.6 Å². The minimum absolute atomic E-state index is 0. The zero-order valence-electron chi connectivity index (χ0n) is 14.0. The Morgan fingerprint density at radius 2 is 1.70 bits per heavy atom. The molecule has 2 aromatic rings. The van der Waals surface area contributed by atoms with Gasteiger partial charge in [0, 0.05) is 23.1 Å². The highest BCUT2D eigenvalue weighted by Gasteiger charge is 2.25. The first-order valence-corrected chi connectivity index (χ1v) is 10.1. The summed E-state index contributed by atoms with van der Waals surface area (Å²) in [7, 11) is -3.91. The smallest absolute Gasteiger partial charge is 0.257 e. The molecule has 1 heterocycles. The molecule has 6 nitrogen and oxygen atoms in total. The molecule has 144 valence electrons. The van der Waals surface area contributed by atoms with Gasteiger partial charge >= 0.3 is 0 Å². The molecule has 1 saturated heterocycles. The van der Waals surface area contributed by atoms with Crippen LogP contribution in [0.5, 0.6) is 11.5 Å². The topological polar surface area (TPSA) is 82.4 Å². The maximum atomic E-state index is 12.8. The molecule has 3 rings (SSSR count). The molecule has 0 amide bonds. The summed E-state index contributed by atoms with van der Waals surface area (Å²) in [6, 6.07) is 10.7. The van der Waals surface area contributed by atoms with Crippen molar-refractivity contribution in [1.82, 2.24) is 9.84 Å². The van der Waals surface area contributed by atoms with Crippen molar-refractivity contribution in [2.75, 3.05) is 13.1 Å². The molecule has 0 radical (unpaired) electrons. The van der Waals surface area contributed by atoms with Crippen LogP contribution in [-0.2, 0) is 10.0 Å². The monoisotopic (exact) mass is 447 g/mol. The second kappa shape index (κ2) is 9.11. The van der Waals surface area contributed by atoms with E-state index in [-0.39, 0.29) is 28.6 Å². The molecule has 1 aliphatic heterocycles. The van der Waals surface area contributed by atoms with Crippen LogP contribution in [0, 0.1) is 11.3 Å². The Labute approximate surface area is 174 Å². The Hall–Kier alpha value is -1.53. The second-order valence-corrected chi connectivity index (χ2v) is 8.27. The van der Waals surface area contributed by atoms with E-state index in [2.05, 4.69) is 4.83 Å². The van der Waals surface area contributed by atoms with Crippen molar-refractivity contribution in [3.05, 3.63) is 52.0 Å². The third kappa shape index (κ3) is 5.48. The van der Waals surface area contributed by atoms with Crippen LogP contribution >= 0.6 is 35.6 Å². The minimum atomic E-state index is -3.91. The number of nitriles is 1. The predicted octanol–water partition coefficient (Wildman–Crippen LogP) is 4.37. The summed E-state index contributed by atoms with van der Waals surface area (Å²) in [4.78, 5) is 2.41. The van der Waals surface area contributed by atoms with Gasteiger partial charge in [-0.05, 0) is 49.2 Å². The number of sulfonamides is 1. The van der Waals surface area contributed by atoms with E-state index in [1.54, 1.807) is 11.1 Å². The van der Waals surface area contributed by atoms with Gasteiger partial charge in [-0.1, -0.05) is 23.2 Å². The van der Waals surface area contributed by atoms with Gasteiger partial charge in [-0.2, -0.15) is 5.26 Å². The second-order valence-electron chi connectivity index (χ2n) is 5.77. The molecule has 0 spiro atoms. The maximum absolute atomic E-state index is 12.8. The molecule has 0 unspecified atom stereocenters. The van der Waals surface area contributed by atoms with Crippen LogP contribution in [0.15, 0.2) is 41.3 Å². The molecule has 2 aromatic carbocycles. The molecule has 0 bridgehead atoms. The predicted molar refractivity (Wildman–Crippen MR) is 106 cm³/mol. The van der Waals surface area contributed by atoms with E-state index in [0.717, 1.165) is 12.8 Å². The molecule has 1 fully saturated rings. The fraction of sp³-hybridized carbons (Fsp3) is 0.235. The van der Waals surface area contributed by atoms with Crippen LogP contribution in [0.4, 0.5) is 0 Å². The molecule has 10 heteroatoms. The van der Waals surface area contributed by atoms with E-state index in [1.165, 1.54) is 30.3 Å². The van der Waals surface area contributed by atoms with E-state index >= 15 is 0 Å². The molecular weight excluding hydrogens is 433 g/mol. The number of halogens is 3. The molecule has 0 aliphatic carbocycles. The van der Waals surface area contributed by atoms with Crippen molar-refractivity contribution >= 4 is 45.6 Å². The summed E-state index contributed by atoms with van der Waals surface area (Å²) >= 11 is 11.9. The number of benzene rings is 2. The number of hydrogen-bond donors (Lipinski definition) is 1. The number of rotatable bonds is 5. The van der Waals surface area contributed by atoms with E-state index in [1.807, 2.05) is 6.07 Å². The van der Waals surface area contributed by atoms with E-state index in [0.29, 0.717) is 28.9 Å². The van der Waals surface area contributed by atoms with Gasteiger partial charge in [0.1, 0.15) is 16.4 Å². The van der Waals surface area contributed by atoms with Gasteiger partial charge in [0.15, 0.2) is 0 Å². The Kier molecular flexibility index (Phi) is 7.34. The normalized spacial score (nSPS) is 14.4. The first kappa shape index (κ1) is 21.8. The average molecular weight is 449 g/mol. The summed E-state index contributed by atoms with van der Waals surface area (Å²) in [6.07, 6.45) is 1.84. The first-order valence-electron chi connectivity index (χ1n) is 7.83. The standard InChI is InChI=1S/C17H15Cl2N3O3S.ClH/c18-13-8-14(19)10-15(9-13)25-16-4-3-12(11-20)7-17(16)26(23,24)21-22-5-1-2-6-22;/h3-4,7-10,21H,1-2,5-6H2;1H. The van der Waals surface area contributed by atoms with Crippen LogP contribution in [0.25, 0.3) is 0 Å². The SMILES string of the molecule is Cl.N#Cc1ccc(Oc2cc(Cl)cc(Cl)c2)c(S(=O)(=O)NN2CCCC2)c1. The lowest BCUT2D eigenvalue weighted by Crippen LogP contribution is -2.40. The number of nitrogens with one attached hydrogen (secondary N) is 1. The highest BCUT2D eigenvalue weighted by molar-refractivity contribution is 7.89. The molecule has 0 aromatic heterocycles. The molecule has 1 aliphatic rings. The van der Waals surface area contributed by atoms with Gasteiger partial charge < -0.3 is 4.74 Å². The van der Waals surface area contributed by atoms with Crippen molar-refractivity contribution in [2.24, 2.45) is 0 Å². The van der Waals surface area contributed by atoms with Crippen LogP contribution in [0.3, 0.4) is 0 Å². The Bertz CT molecular complexity index is 951. The van der Waals surface area contributed by atoms with Gasteiger partial charge in [-0.15, -0.1) is 17.2 Å². The third-order valence-electron chi connectivity index (χ3n) is 3.78. The van der Waals surface area contributed by atoms with Gasteiger partial charge in [-0.3, -0.25) is 0 Å². The van der Waals surface area contributed by atoms with Crippen molar-refractivity contribution in [1.29, 1.82) is 5.26 Å². The van der Waals surface area contributed by atoms with E-state index in [9.17, 15) is 8.42 Å². The maximum Gasteiger partial charge on any atom is 0.257 e. The van der Waals surface area contributed by atoms with Crippen LogP contribution in [0.1, 0.15) is 18.4 Å².